The molecule has 0 bridgehead atoms. The van der Waals surface area contributed by atoms with Crippen LogP contribution >= 0.6 is 0 Å². The van der Waals surface area contributed by atoms with Crippen molar-refractivity contribution in [1.29, 1.82) is 0 Å². The number of hydrogen-bond donors (Lipinski definition) is 1. The SMILES string of the molecule is CCOc1ccc2c(c1)c(C=O)cn2CC(=O)NC1CCCC1. The van der Waals surface area contributed by atoms with Gasteiger partial charge in [-0.05, 0) is 38.0 Å². The van der Waals surface area contributed by atoms with E-state index < -0.39 is 0 Å². The van der Waals surface area contributed by atoms with Crippen molar-refractivity contribution in [3.63, 3.8) is 0 Å². The van der Waals surface area contributed by atoms with Gasteiger partial charge in [-0.1, -0.05) is 12.8 Å². The van der Waals surface area contributed by atoms with Gasteiger partial charge in [-0.2, -0.15) is 0 Å². The second-order valence-electron chi connectivity index (χ2n) is 5.99. The zero-order valence-corrected chi connectivity index (χ0v) is 13.4. The highest BCUT2D eigenvalue weighted by atomic mass is 16.5. The molecule has 1 aromatic carbocycles. The summed E-state index contributed by atoms with van der Waals surface area (Å²) in [7, 11) is 0. The molecule has 23 heavy (non-hydrogen) atoms. The molecule has 0 aliphatic heterocycles. The lowest BCUT2D eigenvalue weighted by atomic mass is 10.2. The second-order valence-corrected chi connectivity index (χ2v) is 5.99. The van der Waals surface area contributed by atoms with E-state index >= 15 is 0 Å². The Morgan fingerprint density at radius 2 is 2.17 bits per heavy atom. The molecule has 122 valence electrons. The summed E-state index contributed by atoms with van der Waals surface area (Å²) in [5.41, 5.74) is 1.45. The Hall–Kier alpha value is -2.30. The zero-order valence-electron chi connectivity index (χ0n) is 13.4. The Labute approximate surface area is 135 Å². The summed E-state index contributed by atoms with van der Waals surface area (Å²) in [4.78, 5) is 23.5. The summed E-state index contributed by atoms with van der Waals surface area (Å²) in [5.74, 6) is 0.733. The normalized spacial score (nSPS) is 15.0. The van der Waals surface area contributed by atoms with E-state index in [1.807, 2.05) is 29.7 Å². The molecule has 0 spiro atoms. The van der Waals surface area contributed by atoms with E-state index in [0.717, 1.165) is 35.8 Å². The molecule has 1 amide bonds. The number of rotatable bonds is 6. The molecule has 1 aliphatic rings. The first-order chi connectivity index (χ1) is 11.2. The van der Waals surface area contributed by atoms with E-state index in [4.69, 9.17) is 4.74 Å². The molecule has 0 saturated heterocycles. The van der Waals surface area contributed by atoms with Crippen molar-refractivity contribution < 1.29 is 14.3 Å². The molecule has 5 nitrogen and oxygen atoms in total. The third kappa shape index (κ3) is 3.38. The van der Waals surface area contributed by atoms with Crippen molar-refractivity contribution in [1.82, 2.24) is 9.88 Å². The monoisotopic (exact) mass is 314 g/mol. The topological polar surface area (TPSA) is 60.3 Å². The molecule has 1 saturated carbocycles. The van der Waals surface area contributed by atoms with Crippen LogP contribution in [0.4, 0.5) is 0 Å². The van der Waals surface area contributed by atoms with Gasteiger partial charge in [-0.3, -0.25) is 9.59 Å². The number of fused-ring (bicyclic) bond motifs is 1. The minimum Gasteiger partial charge on any atom is -0.494 e. The molecule has 1 aromatic heterocycles. The number of aromatic nitrogens is 1. The predicted molar refractivity (Wildman–Crippen MR) is 88.9 cm³/mol. The Morgan fingerprint density at radius 3 is 2.87 bits per heavy atom. The van der Waals surface area contributed by atoms with Crippen LogP contribution in [0, 0.1) is 0 Å². The van der Waals surface area contributed by atoms with Gasteiger partial charge in [0.05, 0.1) is 6.61 Å². The summed E-state index contributed by atoms with van der Waals surface area (Å²) in [6.45, 7) is 2.73. The Kier molecular flexibility index (Phi) is 4.65. The van der Waals surface area contributed by atoms with Gasteiger partial charge in [0.2, 0.25) is 5.91 Å². The van der Waals surface area contributed by atoms with Crippen molar-refractivity contribution in [3.05, 3.63) is 30.0 Å². The largest absolute Gasteiger partial charge is 0.494 e. The van der Waals surface area contributed by atoms with Crippen molar-refractivity contribution in [2.24, 2.45) is 0 Å². The number of amides is 1. The van der Waals surface area contributed by atoms with Crippen molar-refractivity contribution in [3.8, 4) is 5.75 Å². The van der Waals surface area contributed by atoms with Crippen LogP contribution in [0.5, 0.6) is 5.75 Å². The fourth-order valence-electron chi connectivity index (χ4n) is 3.28. The van der Waals surface area contributed by atoms with E-state index in [0.29, 0.717) is 18.2 Å². The maximum atomic E-state index is 12.2. The number of aldehydes is 1. The molecule has 2 aromatic rings. The van der Waals surface area contributed by atoms with Gasteiger partial charge in [0.25, 0.3) is 0 Å². The lowest BCUT2D eigenvalue weighted by molar-refractivity contribution is -0.122. The first-order valence-corrected chi connectivity index (χ1v) is 8.21. The summed E-state index contributed by atoms with van der Waals surface area (Å²) >= 11 is 0. The van der Waals surface area contributed by atoms with Crippen molar-refractivity contribution in [2.75, 3.05) is 6.61 Å². The molecule has 0 atom stereocenters. The van der Waals surface area contributed by atoms with Crippen LogP contribution in [0.1, 0.15) is 43.0 Å². The molecule has 1 fully saturated rings. The lowest BCUT2D eigenvalue weighted by Gasteiger charge is -2.13. The molecular weight excluding hydrogens is 292 g/mol. The maximum Gasteiger partial charge on any atom is 0.240 e. The number of carbonyl (C=O) groups is 2. The van der Waals surface area contributed by atoms with Crippen LogP contribution in [0.3, 0.4) is 0 Å². The molecule has 0 unspecified atom stereocenters. The van der Waals surface area contributed by atoms with Gasteiger partial charge < -0.3 is 14.6 Å². The predicted octanol–water partition coefficient (Wildman–Crippen LogP) is 2.91. The molecule has 5 heteroatoms. The van der Waals surface area contributed by atoms with Gasteiger partial charge in [-0.15, -0.1) is 0 Å². The van der Waals surface area contributed by atoms with Gasteiger partial charge in [0, 0.05) is 28.7 Å². The van der Waals surface area contributed by atoms with Gasteiger partial charge in [0.1, 0.15) is 12.3 Å². The third-order valence-electron chi connectivity index (χ3n) is 4.36. The Morgan fingerprint density at radius 1 is 1.39 bits per heavy atom. The quantitative estimate of drug-likeness (QED) is 0.834. The van der Waals surface area contributed by atoms with Crippen LogP contribution in [-0.2, 0) is 11.3 Å². The second kappa shape index (κ2) is 6.86. The molecule has 0 radical (unpaired) electrons. The summed E-state index contributed by atoms with van der Waals surface area (Å²) in [5, 5.41) is 3.90. The molecule has 1 heterocycles. The number of carbonyl (C=O) groups excluding carboxylic acids is 2. The van der Waals surface area contributed by atoms with Crippen LogP contribution in [-0.4, -0.2) is 29.4 Å². The Balaban J connectivity index is 1.82. The molecule has 1 aliphatic carbocycles. The fraction of sp³-hybridized carbons (Fsp3) is 0.444. The van der Waals surface area contributed by atoms with Crippen LogP contribution in [0.2, 0.25) is 0 Å². The van der Waals surface area contributed by atoms with Crippen molar-refractivity contribution >= 4 is 23.1 Å². The minimum atomic E-state index is 0.000124. The summed E-state index contributed by atoms with van der Waals surface area (Å²) in [6.07, 6.45) is 7.07. The van der Waals surface area contributed by atoms with E-state index in [1.165, 1.54) is 12.8 Å². The number of benzene rings is 1. The average molecular weight is 314 g/mol. The minimum absolute atomic E-state index is 0.000124. The summed E-state index contributed by atoms with van der Waals surface area (Å²) < 4.78 is 7.32. The van der Waals surface area contributed by atoms with E-state index in [-0.39, 0.29) is 12.5 Å². The highest BCUT2D eigenvalue weighted by molar-refractivity contribution is 5.98. The fourth-order valence-corrected chi connectivity index (χ4v) is 3.28. The van der Waals surface area contributed by atoms with Gasteiger partial charge >= 0.3 is 0 Å². The average Bonchev–Trinajstić information content (AvgIpc) is 3.15. The van der Waals surface area contributed by atoms with Crippen molar-refractivity contribution in [2.45, 2.75) is 45.2 Å². The van der Waals surface area contributed by atoms with Gasteiger partial charge in [-0.25, -0.2) is 0 Å². The standard InChI is InChI=1S/C18H22N2O3/c1-2-23-15-7-8-17-16(9-15)13(12-21)10-20(17)11-18(22)19-14-5-3-4-6-14/h7-10,12,14H,2-6,11H2,1H3,(H,19,22). The zero-order chi connectivity index (χ0) is 16.2. The molecule has 3 rings (SSSR count). The number of nitrogens with one attached hydrogen (secondary N) is 1. The first-order valence-electron chi connectivity index (χ1n) is 8.21. The highest BCUT2D eigenvalue weighted by Gasteiger charge is 2.18. The highest BCUT2D eigenvalue weighted by Crippen LogP contribution is 2.25. The summed E-state index contributed by atoms with van der Waals surface area (Å²) in [6, 6.07) is 5.93. The lowest BCUT2D eigenvalue weighted by Crippen LogP contribution is -2.35. The number of nitrogens with zero attached hydrogens (tertiary/aromatic N) is 1. The van der Waals surface area contributed by atoms with E-state index in [1.54, 1.807) is 6.20 Å². The number of hydrogen-bond acceptors (Lipinski definition) is 3. The number of ether oxygens (including phenoxy) is 1. The Bertz CT molecular complexity index is 714. The maximum absolute atomic E-state index is 12.2. The smallest absolute Gasteiger partial charge is 0.240 e. The molecule has 1 N–H and O–H groups in total. The van der Waals surface area contributed by atoms with Crippen LogP contribution < -0.4 is 10.1 Å². The van der Waals surface area contributed by atoms with Crippen LogP contribution in [0.25, 0.3) is 10.9 Å². The first kappa shape index (κ1) is 15.6. The van der Waals surface area contributed by atoms with Crippen LogP contribution in [0.15, 0.2) is 24.4 Å². The van der Waals surface area contributed by atoms with Gasteiger partial charge in [0.15, 0.2) is 6.29 Å². The van der Waals surface area contributed by atoms with E-state index in [9.17, 15) is 9.59 Å². The molecular formula is C18H22N2O3. The van der Waals surface area contributed by atoms with E-state index in [2.05, 4.69) is 5.32 Å². The third-order valence-corrected chi connectivity index (χ3v) is 4.36.